The monoisotopic (exact) mass is 316 g/mol. The highest BCUT2D eigenvalue weighted by atomic mass is 16.5. The average Bonchev–Trinajstić information content (AvgIpc) is 2.58. The molecule has 0 heterocycles. The van der Waals surface area contributed by atoms with Crippen LogP contribution in [-0.2, 0) is 11.3 Å². The second kappa shape index (κ2) is 14.2. The van der Waals surface area contributed by atoms with Crippen molar-refractivity contribution in [3.8, 4) is 0 Å². The van der Waals surface area contributed by atoms with E-state index in [0.29, 0.717) is 13.2 Å². The van der Waals surface area contributed by atoms with Gasteiger partial charge in [0.25, 0.3) is 0 Å². The van der Waals surface area contributed by atoms with Crippen molar-refractivity contribution < 1.29 is 9.84 Å². The van der Waals surface area contributed by atoms with Crippen molar-refractivity contribution in [3.05, 3.63) is 60.7 Å². The number of hydrogen-bond acceptors (Lipinski definition) is 2. The molecule has 1 N–H and O–H groups in total. The maximum absolute atomic E-state index is 9.92. The van der Waals surface area contributed by atoms with Gasteiger partial charge in [0.1, 0.15) is 0 Å². The van der Waals surface area contributed by atoms with Crippen LogP contribution in [-0.4, -0.2) is 17.8 Å². The number of hydrogen-bond donors (Lipinski definition) is 1. The molecular formula is C21H32O2. The van der Waals surface area contributed by atoms with Gasteiger partial charge in [-0.05, 0) is 31.2 Å². The summed E-state index contributed by atoms with van der Waals surface area (Å²) in [6, 6.07) is 10.2. The van der Waals surface area contributed by atoms with Gasteiger partial charge >= 0.3 is 0 Å². The first-order valence-electron chi connectivity index (χ1n) is 8.88. The normalized spacial score (nSPS) is 12.6. The van der Waals surface area contributed by atoms with Crippen LogP contribution in [0.1, 0.15) is 56.9 Å². The molecule has 0 unspecified atom stereocenters. The second-order valence-corrected chi connectivity index (χ2v) is 6.00. The number of unbranched alkanes of at least 4 members (excludes halogenated alkanes) is 5. The number of ether oxygens (including phenoxy) is 1. The molecule has 0 aliphatic rings. The van der Waals surface area contributed by atoms with Gasteiger partial charge < -0.3 is 9.84 Å². The van der Waals surface area contributed by atoms with Crippen LogP contribution in [0.2, 0.25) is 0 Å². The third-order valence-electron chi connectivity index (χ3n) is 3.85. The molecule has 0 saturated heterocycles. The minimum Gasteiger partial charge on any atom is -0.393 e. The Morgan fingerprint density at radius 3 is 2.52 bits per heavy atom. The molecule has 1 rings (SSSR count). The molecule has 0 aromatic heterocycles. The van der Waals surface area contributed by atoms with Crippen molar-refractivity contribution in [2.75, 3.05) is 6.61 Å². The molecule has 2 heteroatoms. The topological polar surface area (TPSA) is 29.5 Å². The van der Waals surface area contributed by atoms with Gasteiger partial charge in [-0.1, -0.05) is 74.2 Å². The van der Waals surface area contributed by atoms with E-state index in [0.717, 1.165) is 25.7 Å². The van der Waals surface area contributed by atoms with E-state index < -0.39 is 0 Å². The highest BCUT2D eigenvalue weighted by molar-refractivity contribution is 5.13. The Hall–Kier alpha value is -1.38. The van der Waals surface area contributed by atoms with Crippen LogP contribution in [0.5, 0.6) is 0 Å². The lowest BCUT2D eigenvalue weighted by Crippen LogP contribution is -2.04. The number of aliphatic hydroxyl groups excluding tert-OH is 1. The van der Waals surface area contributed by atoms with Gasteiger partial charge in [-0.2, -0.15) is 0 Å². The number of aliphatic hydroxyl groups is 1. The summed E-state index contributed by atoms with van der Waals surface area (Å²) in [5.74, 6) is 0. The Labute approximate surface area is 141 Å². The third kappa shape index (κ3) is 11.8. The summed E-state index contributed by atoms with van der Waals surface area (Å²) in [7, 11) is 0. The summed E-state index contributed by atoms with van der Waals surface area (Å²) in [6.45, 7) is 4.97. The van der Waals surface area contributed by atoms with E-state index >= 15 is 0 Å². The van der Waals surface area contributed by atoms with Gasteiger partial charge in [-0.3, -0.25) is 0 Å². The highest BCUT2D eigenvalue weighted by Gasteiger charge is 2.01. The predicted molar refractivity (Wildman–Crippen MR) is 98.4 cm³/mol. The molecule has 0 radical (unpaired) electrons. The zero-order valence-corrected chi connectivity index (χ0v) is 14.3. The SMILES string of the molecule is C=CCCCCCCC[C@H](O)C/C=C/COCc1ccccc1. The molecule has 0 aliphatic carbocycles. The Kier molecular flexibility index (Phi) is 12.2. The van der Waals surface area contributed by atoms with Crippen LogP contribution in [0.4, 0.5) is 0 Å². The Morgan fingerprint density at radius 2 is 1.74 bits per heavy atom. The van der Waals surface area contributed by atoms with Crippen molar-refractivity contribution >= 4 is 0 Å². The Morgan fingerprint density at radius 1 is 1.00 bits per heavy atom. The first kappa shape index (κ1) is 19.7. The third-order valence-corrected chi connectivity index (χ3v) is 3.85. The summed E-state index contributed by atoms with van der Waals surface area (Å²) in [5, 5.41) is 9.92. The van der Waals surface area contributed by atoms with Crippen LogP contribution in [0.15, 0.2) is 55.1 Å². The zero-order chi connectivity index (χ0) is 16.6. The van der Waals surface area contributed by atoms with Gasteiger partial charge in [-0.15, -0.1) is 6.58 Å². The Bertz CT molecular complexity index is 411. The standard InChI is InChI=1S/C21H32O2/c1-2-3-4-5-6-7-11-16-21(22)17-12-13-18-23-19-20-14-9-8-10-15-20/h2,8-10,12-15,21-22H,1,3-7,11,16-19H2/b13-12+/t21-/m0/s1. The lowest BCUT2D eigenvalue weighted by Gasteiger charge is -2.07. The van der Waals surface area contributed by atoms with E-state index in [1.54, 1.807) is 0 Å². The molecule has 0 fully saturated rings. The average molecular weight is 316 g/mol. The van der Waals surface area contributed by atoms with Gasteiger partial charge in [0.2, 0.25) is 0 Å². The van der Waals surface area contributed by atoms with Crippen molar-refractivity contribution in [1.82, 2.24) is 0 Å². The van der Waals surface area contributed by atoms with E-state index in [4.69, 9.17) is 4.74 Å². The quantitative estimate of drug-likeness (QED) is 0.366. The summed E-state index contributed by atoms with van der Waals surface area (Å²) in [6.07, 6.45) is 14.7. The number of benzene rings is 1. The van der Waals surface area contributed by atoms with Crippen LogP contribution >= 0.6 is 0 Å². The highest BCUT2D eigenvalue weighted by Crippen LogP contribution is 2.10. The van der Waals surface area contributed by atoms with Crippen LogP contribution in [0, 0.1) is 0 Å². The van der Waals surface area contributed by atoms with Crippen LogP contribution in [0.3, 0.4) is 0 Å². The van der Waals surface area contributed by atoms with Crippen molar-refractivity contribution in [3.63, 3.8) is 0 Å². The molecule has 0 amide bonds. The molecule has 0 bridgehead atoms. The van der Waals surface area contributed by atoms with Crippen LogP contribution in [0.25, 0.3) is 0 Å². The maximum Gasteiger partial charge on any atom is 0.0721 e. The fraction of sp³-hybridized carbons (Fsp3) is 0.524. The molecule has 0 spiro atoms. The van der Waals surface area contributed by atoms with Crippen LogP contribution < -0.4 is 0 Å². The smallest absolute Gasteiger partial charge is 0.0721 e. The van der Waals surface area contributed by atoms with Crippen molar-refractivity contribution in [2.24, 2.45) is 0 Å². The molecule has 1 aromatic carbocycles. The summed E-state index contributed by atoms with van der Waals surface area (Å²) in [4.78, 5) is 0. The predicted octanol–water partition coefficient (Wildman–Crippen LogP) is 5.43. The number of rotatable bonds is 14. The maximum atomic E-state index is 9.92. The molecule has 2 nitrogen and oxygen atoms in total. The van der Waals surface area contributed by atoms with Gasteiger partial charge in [0, 0.05) is 0 Å². The van der Waals surface area contributed by atoms with Crippen molar-refractivity contribution in [1.29, 1.82) is 0 Å². The second-order valence-electron chi connectivity index (χ2n) is 6.00. The lowest BCUT2D eigenvalue weighted by molar-refractivity contribution is 0.147. The molecule has 1 aromatic rings. The Balaban J connectivity index is 1.92. The summed E-state index contributed by atoms with van der Waals surface area (Å²) < 4.78 is 5.57. The van der Waals surface area contributed by atoms with E-state index in [2.05, 4.69) is 18.7 Å². The summed E-state index contributed by atoms with van der Waals surface area (Å²) in [5.41, 5.74) is 1.19. The number of allylic oxidation sites excluding steroid dienone is 1. The lowest BCUT2D eigenvalue weighted by atomic mass is 10.1. The molecule has 128 valence electrons. The van der Waals surface area contributed by atoms with E-state index in [1.807, 2.05) is 36.4 Å². The molecular weight excluding hydrogens is 284 g/mol. The van der Waals surface area contributed by atoms with Gasteiger partial charge in [0.05, 0.1) is 19.3 Å². The zero-order valence-electron chi connectivity index (χ0n) is 14.3. The molecule has 0 saturated carbocycles. The fourth-order valence-corrected chi connectivity index (χ4v) is 2.46. The van der Waals surface area contributed by atoms with Crippen molar-refractivity contribution in [2.45, 2.75) is 64.1 Å². The summed E-state index contributed by atoms with van der Waals surface area (Å²) >= 11 is 0. The fourth-order valence-electron chi connectivity index (χ4n) is 2.46. The van der Waals surface area contributed by atoms with Gasteiger partial charge in [-0.25, -0.2) is 0 Å². The molecule has 1 atom stereocenters. The molecule has 0 aliphatic heterocycles. The minimum absolute atomic E-state index is 0.214. The first-order valence-corrected chi connectivity index (χ1v) is 8.88. The van der Waals surface area contributed by atoms with Gasteiger partial charge in [0.15, 0.2) is 0 Å². The molecule has 23 heavy (non-hydrogen) atoms. The minimum atomic E-state index is -0.214. The first-order chi connectivity index (χ1) is 11.3. The van der Waals surface area contributed by atoms with E-state index in [-0.39, 0.29) is 6.10 Å². The van der Waals surface area contributed by atoms with E-state index in [1.165, 1.54) is 31.2 Å². The van der Waals surface area contributed by atoms with E-state index in [9.17, 15) is 5.11 Å². The largest absolute Gasteiger partial charge is 0.393 e.